The Labute approximate surface area is 145 Å². The fourth-order valence-corrected chi connectivity index (χ4v) is 3.42. The van der Waals surface area contributed by atoms with E-state index in [1.54, 1.807) is 29.2 Å². The molecule has 0 saturated carbocycles. The zero-order valence-electron chi connectivity index (χ0n) is 14.1. The fraction of sp³-hybridized carbons (Fsp3) is 0.333. The number of pyridine rings is 1. The fourth-order valence-electron chi connectivity index (χ4n) is 3.42. The molecule has 128 valence electrons. The number of rotatable bonds is 3. The van der Waals surface area contributed by atoms with Crippen molar-refractivity contribution in [3.8, 4) is 0 Å². The van der Waals surface area contributed by atoms with Gasteiger partial charge in [-0.25, -0.2) is 14.5 Å². The first-order chi connectivity index (χ1) is 12.3. The molecule has 0 aliphatic carbocycles. The number of carbonyl (C=O) groups is 1. The molecule has 1 saturated heterocycles. The average Bonchev–Trinajstić information content (AvgIpc) is 3.11. The molecule has 0 aromatic carbocycles. The van der Waals surface area contributed by atoms with Gasteiger partial charge in [0.1, 0.15) is 11.4 Å². The Morgan fingerprint density at radius 1 is 1.32 bits per heavy atom. The van der Waals surface area contributed by atoms with Gasteiger partial charge in [-0.2, -0.15) is 5.10 Å². The molecule has 1 amide bonds. The van der Waals surface area contributed by atoms with Gasteiger partial charge < -0.3 is 10.2 Å². The normalized spacial score (nSPS) is 17.6. The van der Waals surface area contributed by atoms with Crippen LogP contribution in [0.5, 0.6) is 0 Å². The third kappa shape index (κ3) is 2.93. The molecule has 1 aliphatic rings. The Kier molecular flexibility index (Phi) is 4.05. The molecule has 3 aromatic rings. The molecule has 7 nitrogen and oxygen atoms in total. The van der Waals surface area contributed by atoms with Crippen LogP contribution >= 0.6 is 0 Å². The standard InChI is InChI=1S/C18H20N6O/c1-19-16-10-13(5-7-20-16)14-4-2-8-23(12-14)18(25)15-11-22-24-9-3-6-21-17(15)24/h3,5-7,9-11,14H,2,4,8,12H2,1H3,(H,19,20)/t14-/m0/s1. The minimum Gasteiger partial charge on any atom is -0.373 e. The highest BCUT2D eigenvalue weighted by atomic mass is 16.2. The maximum Gasteiger partial charge on any atom is 0.259 e. The van der Waals surface area contributed by atoms with Gasteiger partial charge in [-0.15, -0.1) is 0 Å². The summed E-state index contributed by atoms with van der Waals surface area (Å²) in [6.45, 7) is 1.47. The van der Waals surface area contributed by atoms with Crippen molar-refractivity contribution in [2.75, 3.05) is 25.5 Å². The number of amides is 1. The van der Waals surface area contributed by atoms with Crippen LogP contribution in [0.15, 0.2) is 43.0 Å². The molecule has 1 aliphatic heterocycles. The molecule has 0 spiro atoms. The largest absolute Gasteiger partial charge is 0.373 e. The van der Waals surface area contributed by atoms with E-state index in [4.69, 9.17) is 0 Å². The van der Waals surface area contributed by atoms with Gasteiger partial charge >= 0.3 is 0 Å². The number of likely N-dealkylation sites (tertiary alicyclic amines) is 1. The maximum absolute atomic E-state index is 13.0. The number of carbonyl (C=O) groups excluding carboxylic acids is 1. The number of piperidine rings is 1. The number of aromatic nitrogens is 4. The van der Waals surface area contributed by atoms with Gasteiger partial charge in [0.05, 0.1) is 6.20 Å². The summed E-state index contributed by atoms with van der Waals surface area (Å²) in [4.78, 5) is 23.5. The molecule has 1 atom stereocenters. The minimum absolute atomic E-state index is 0.00120. The Bertz CT molecular complexity index is 905. The highest BCUT2D eigenvalue weighted by molar-refractivity contribution is 5.99. The number of nitrogens with one attached hydrogen (secondary N) is 1. The summed E-state index contributed by atoms with van der Waals surface area (Å²) in [5, 5.41) is 7.30. The van der Waals surface area contributed by atoms with Crippen LogP contribution in [-0.4, -0.2) is 50.5 Å². The first-order valence-corrected chi connectivity index (χ1v) is 8.47. The molecule has 0 radical (unpaired) electrons. The second-order valence-corrected chi connectivity index (χ2v) is 6.26. The Balaban J connectivity index is 1.57. The summed E-state index contributed by atoms with van der Waals surface area (Å²) < 4.78 is 1.64. The predicted octanol–water partition coefficient (Wildman–Crippen LogP) is 2.19. The summed E-state index contributed by atoms with van der Waals surface area (Å²) in [6, 6.07) is 5.90. The zero-order chi connectivity index (χ0) is 17.2. The number of anilines is 1. The average molecular weight is 336 g/mol. The predicted molar refractivity (Wildman–Crippen MR) is 94.6 cm³/mol. The number of hydrogen-bond acceptors (Lipinski definition) is 5. The van der Waals surface area contributed by atoms with E-state index in [-0.39, 0.29) is 5.91 Å². The van der Waals surface area contributed by atoms with Crippen LogP contribution in [0, 0.1) is 0 Å². The van der Waals surface area contributed by atoms with Crippen molar-refractivity contribution in [2.45, 2.75) is 18.8 Å². The molecule has 1 N–H and O–H groups in total. The molecule has 3 aromatic heterocycles. The first kappa shape index (κ1) is 15.6. The second kappa shape index (κ2) is 6.51. The van der Waals surface area contributed by atoms with Crippen molar-refractivity contribution in [2.24, 2.45) is 0 Å². The summed E-state index contributed by atoms with van der Waals surface area (Å²) in [5.74, 6) is 1.18. The van der Waals surface area contributed by atoms with Crippen molar-refractivity contribution < 1.29 is 4.79 Å². The molecular formula is C18H20N6O. The summed E-state index contributed by atoms with van der Waals surface area (Å²) in [7, 11) is 1.86. The van der Waals surface area contributed by atoms with Crippen molar-refractivity contribution in [3.63, 3.8) is 0 Å². The lowest BCUT2D eigenvalue weighted by Crippen LogP contribution is -2.39. The molecule has 0 bridgehead atoms. The van der Waals surface area contributed by atoms with Crippen molar-refractivity contribution in [3.05, 3.63) is 54.1 Å². The summed E-state index contributed by atoms with van der Waals surface area (Å²) in [5.41, 5.74) is 2.39. The smallest absolute Gasteiger partial charge is 0.259 e. The van der Waals surface area contributed by atoms with E-state index >= 15 is 0 Å². The van der Waals surface area contributed by atoms with Gasteiger partial charge in [0.25, 0.3) is 5.91 Å². The van der Waals surface area contributed by atoms with Gasteiger partial charge in [0, 0.05) is 44.6 Å². The Morgan fingerprint density at radius 3 is 3.12 bits per heavy atom. The van der Waals surface area contributed by atoms with Gasteiger partial charge in [0.15, 0.2) is 5.65 Å². The highest BCUT2D eigenvalue weighted by Gasteiger charge is 2.27. The van der Waals surface area contributed by atoms with Gasteiger partial charge in [-0.05, 0) is 36.6 Å². The quantitative estimate of drug-likeness (QED) is 0.793. The van der Waals surface area contributed by atoms with E-state index in [2.05, 4.69) is 26.4 Å². The third-order valence-electron chi connectivity index (χ3n) is 4.73. The molecule has 25 heavy (non-hydrogen) atoms. The summed E-state index contributed by atoms with van der Waals surface area (Å²) in [6.07, 6.45) is 8.97. The number of hydrogen-bond donors (Lipinski definition) is 1. The molecule has 7 heteroatoms. The van der Waals surface area contributed by atoms with Crippen molar-refractivity contribution in [1.29, 1.82) is 0 Å². The molecule has 1 fully saturated rings. The van der Waals surface area contributed by atoms with Crippen LogP contribution in [-0.2, 0) is 0 Å². The molecule has 0 unspecified atom stereocenters. The van der Waals surface area contributed by atoms with Crippen LogP contribution < -0.4 is 5.32 Å². The van der Waals surface area contributed by atoms with E-state index in [9.17, 15) is 4.79 Å². The van der Waals surface area contributed by atoms with E-state index in [1.807, 2.05) is 24.2 Å². The Morgan fingerprint density at radius 2 is 2.24 bits per heavy atom. The second-order valence-electron chi connectivity index (χ2n) is 6.26. The third-order valence-corrected chi connectivity index (χ3v) is 4.73. The van der Waals surface area contributed by atoms with Gasteiger partial charge in [-0.1, -0.05) is 0 Å². The lowest BCUT2D eigenvalue weighted by atomic mass is 9.91. The summed E-state index contributed by atoms with van der Waals surface area (Å²) >= 11 is 0. The highest BCUT2D eigenvalue weighted by Crippen LogP contribution is 2.28. The van der Waals surface area contributed by atoms with E-state index in [0.717, 1.165) is 25.2 Å². The maximum atomic E-state index is 13.0. The van der Waals surface area contributed by atoms with Crippen molar-refractivity contribution >= 4 is 17.4 Å². The Hall–Kier alpha value is -2.96. The first-order valence-electron chi connectivity index (χ1n) is 8.47. The van der Waals surface area contributed by atoms with Gasteiger partial charge in [-0.3, -0.25) is 4.79 Å². The van der Waals surface area contributed by atoms with E-state index < -0.39 is 0 Å². The minimum atomic E-state index is 0.00120. The van der Waals surface area contributed by atoms with Crippen LogP contribution in [0.4, 0.5) is 5.82 Å². The van der Waals surface area contributed by atoms with Crippen LogP contribution in [0.3, 0.4) is 0 Å². The van der Waals surface area contributed by atoms with Crippen molar-refractivity contribution in [1.82, 2.24) is 24.5 Å². The van der Waals surface area contributed by atoms with Crippen LogP contribution in [0.1, 0.15) is 34.7 Å². The van der Waals surface area contributed by atoms with Gasteiger partial charge in [0.2, 0.25) is 0 Å². The molecular weight excluding hydrogens is 316 g/mol. The molecule has 4 rings (SSSR count). The van der Waals surface area contributed by atoms with E-state index in [1.165, 1.54) is 5.56 Å². The van der Waals surface area contributed by atoms with Crippen LogP contribution in [0.2, 0.25) is 0 Å². The SMILES string of the molecule is CNc1cc([C@H]2CCCN(C(=O)c3cnn4cccnc34)C2)ccn1. The topological polar surface area (TPSA) is 75.4 Å². The monoisotopic (exact) mass is 336 g/mol. The lowest BCUT2D eigenvalue weighted by Gasteiger charge is -2.33. The number of nitrogens with zero attached hydrogens (tertiary/aromatic N) is 5. The van der Waals surface area contributed by atoms with E-state index in [0.29, 0.717) is 23.7 Å². The number of fused-ring (bicyclic) bond motifs is 1. The van der Waals surface area contributed by atoms with Crippen LogP contribution in [0.25, 0.3) is 5.65 Å². The lowest BCUT2D eigenvalue weighted by molar-refractivity contribution is 0.0709. The molecule has 4 heterocycles. The zero-order valence-corrected chi connectivity index (χ0v) is 14.1.